The molecule has 4 rings (SSSR count). The van der Waals surface area contributed by atoms with E-state index in [0.717, 1.165) is 48.1 Å². The Morgan fingerprint density at radius 3 is 2.55 bits per heavy atom. The highest BCUT2D eigenvalue weighted by Crippen LogP contribution is 2.50. The molecule has 0 aromatic heterocycles. The summed E-state index contributed by atoms with van der Waals surface area (Å²) in [6, 6.07) is 8.64. The van der Waals surface area contributed by atoms with Gasteiger partial charge < -0.3 is 24.8 Å². The third-order valence-electron chi connectivity index (χ3n) is 6.94. The molecule has 2 atom stereocenters. The number of rotatable bonds is 8. The molecule has 2 aromatic carbocycles. The minimum Gasteiger partial charge on any atom is -0.404 e. The Morgan fingerprint density at radius 1 is 1.18 bits per heavy atom. The first kappa shape index (κ1) is 30.3. The lowest BCUT2D eigenvalue weighted by Crippen LogP contribution is -2.36. The molecule has 2 unspecified atom stereocenters. The molecule has 2 N–H and O–H groups in total. The molecule has 12 heteroatoms. The highest BCUT2D eigenvalue weighted by molar-refractivity contribution is 8.00. The summed E-state index contributed by atoms with van der Waals surface area (Å²) in [5, 5.41) is 6.29. The monoisotopic (exact) mass is 597 g/mol. The van der Waals surface area contributed by atoms with Crippen LogP contribution in [0.5, 0.6) is 5.75 Å². The number of ether oxygens (including phenoxy) is 1. The number of likely N-dealkylation sites (tertiary alicyclic amines) is 1. The Morgan fingerprint density at radius 2 is 1.90 bits per heavy atom. The number of hydrogen-bond donors (Lipinski definition) is 2. The predicted molar refractivity (Wildman–Crippen MR) is 152 cm³/mol. The van der Waals surface area contributed by atoms with Crippen LogP contribution in [0.25, 0.3) is 0 Å². The Balaban J connectivity index is 1.50. The van der Waals surface area contributed by atoms with Crippen molar-refractivity contribution in [2.45, 2.75) is 47.7 Å². The van der Waals surface area contributed by atoms with E-state index in [1.54, 1.807) is 0 Å². The topological polar surface area (TPSA) is 70.7 Å². The summed E-state index contributed by atoms with van der Waals surface area (Å²) in [7, 11) is -0.720. The van der Waals surface area contributed by atoms with E-state index in [2.05, 4.69) is 39.2 Å². The maximum Gasteiger partial charge on any atom is 0.573 e. The van der Waals surface area contributed by atoms with Gasteiger partial charge in [-0.1, -0.05) is 24.0 Å². The van der Waals surface area contributed by atoms with Crippen molar-refractivity contribution in [1.29, 1.82) is 0 Å². The minimum absolute atomic E-state index is 0.0200. The van der Waals surface area contributed by atoms with Gasteiger partial charge in [0.25, 0.3) is 0 Å². The van der Waals surface area contributed by atoms with E-state index in [4.69, 9.17) is 0 Å². The Hall–Kier alpha value is -2.67. The van der Waals surface area contributed by atoms with Gasteiger partial charge in [0.2, 0.25) is 0 Å². The zero-order valence-electron chi connectivity index (χ0n) is 22.5. The normalized spacial score (nSPS) is 19.9. The van der Waals surface area contributed by atoms with Gasteiger partial charge in [-0.25, -0.2) is 0 Å². The molecule has 0 spiro atoms. The standard InChI is InChI=1S/C28H32F4N3O3PS/c1-35-14-11-18(12-15-35)34-23-7-4-6-20-21(17-26(29)36)25(40-27(20)23)8-5-13-33-22-10-9-19(39(2,3)37)16-24(22)38-28(30,31)32/h4,6-7,9-10,16,18,21,25,33-34H,11-15,17H2,1-3H3. The van der Waals surface area contributed by atoms with Gasteiger partial charge in [0.15, 0.2) is 5.75 Å². The number of alkyl halides is 3. The summed E-state index contributed by atoms with van der Waals surface area (Å²) in [6.45, 7) is 4.89. The Bertz CT molecular complexity index is 1350. The van der Waals surface area contributed by atoms with Crippen molar-refractivity contribution in [2.75, 3.05) is 50.6 Å². The second kappa shape index (κ2) is 12.5. The van der Waals surface area contributed by atoms with Crippen molar-refractivity contribution in [3.8, 4) is 17.6 Å². The SMILES string of the molecule is CN1CCC(Nc2cccc3c2SC(C#CCNc2ccc(P(C)(C)=O)cc2OC(F)(F)F)C3CC(=O)F)CC1. The molecular weight excluding hydrogens is 565 g/mol. The lowest BCUT2D eigenvalue weighted by atomic mass is 9.92. The van der Waals surface area contributed by atoms with Crippen molar-refractivity contribution in [3.05, 3.63) is 42.0 Å². The number of piperidine rings is 1. The molecule has 0 aliphatic carbocycles. The fraction of sp³-hybridized carbons (Fsp3) is 0.464. The molecule has 216 valence electrons. The number of thioether (sulfide) groups is 1. The molecule has 0 radical (unpaired) electrons. The second-order valence-electron chi connectivity index (χ2n) is 10.4. The number of nitrogens with zero attached hydrogens (tertiary/aromatic N) is 1. The first-order chi connectivity index (χ1) is 18.8. The van der Waals surface area contributed by atoms with Gasteiger partial charge in [-0.15, -0.1) is 24.9 Å². The number of anilines is 2. The number of halogens is 4. The maximum atomic E-state index is 13.6. The summed E-state index contributed by atoms with van der Waals surface area (Å²) in [6.07, 6.45) is -3.23. The first-order valence-electron chi connectivity index (χ1n) is 12.9. The van der Waals surface area contributed by atoms with Gasteiger partial charge in [0.1, 0.15) is 7.14 Å². The smallest absolute Gasteiger partial charge is 0.404 e. The van der Waals surface area contributed by atoms with Crippen LogP contribution in [0.15, 0.2) is 41.3 Å². The summed E-state index contributed by atoms with van der Waals surface area (Å²) >= 11 is 1.47. The van der Waals surface area contributed by atoms with E-state index >= 15 is 0 Å². The zero-order chi connectivity index (χ0) is 29.1. The molecule has 1 saturated heterocycles. The van der Waals surface area contributed by atoms with Crippen LogP contribution >= 0.6 is 18.9 Å². The van der Waals surface area contributed by atoms with Crippen LogP contribution in [-0.2, 0) is 9.36 Å². The van der Waals surface area contributed by atoms with Crippen LogP contribution in [0.1, 0.15) is 30.7 Å². The van der Waals surface area contributed by atoms with Crippen molar-refractivity contribution in [3.63, 3.8) is 0 Å². The number of benzene rings is 2. The van der Waals surface area contributed by atoms with E-state index in [1.807, 2.05) is 18.2 Å². The minimum atomic E-state index is -4.93. The van der Waals surface area contributed by atoms with Crippen molar-refractivity contribution < 1.29 is 31.7 Å². The third kappa shape index (κ3) is 7.96. The van der Waals surface area contributed by atoms with Gasteiger partial charge >= 0.3 is 12.4 Å². The second-order valence-corrected chi connectivity index (χ2v) is 14.8. The molecule has 6 nitrogen and oxygen atoms in total. The van der Waals surface area contributed by atoms with Gasteiger partial charge in [-0.05, 0) is 76.1 Å². The van der Waals surface area contributed by atoms with Crippen LogP contribution in [-0.4, -0.2) is 68.6 Å². The number of nitrogens with one attached hydrogen (secondary N) is 2. The van der Waals surface area contributed by atoms with E-state index in [0.29, 0.717) is 6.04 Å². The molecule has 2 aliphatic heterocycles. The average molecular weight is 598 g/mol. The molecular formula is C28H32F4N3O3PS. The van der Waals surface area contributed by atoms with E-state index in [1.165, 1.54) is 37.2 Å². The fourth-order valence-electron chi connectivity index (χ4n) is 4.85. The lowest BCUT2D eigenvalue weighted by Gasteiger charge is -2.30. The van der Waals surface area contributed by atoms with Crippen molar-refractivity contribution in [1.82, 2.24) is 4.90 Å². The number of hydrogen-bond acceptors (Lipinski definition) is 7. The van der Waals surface area contributed by atoms with Crippen molar-refractivity contribution in [2.24, 2.45) is 0 Å². The molecule has 1 fully saturated rings. The van der Waals surface area contributed by atoms with Gasteiger partial charge in [0.05, 0.1) is 17.5 Å². The van der Waals surface area contributed by atoms with Gasteiger partial charge in [0, 0.05) is 34.3 Å². The maximum absolute atomic E-state index is 13.6. The van der Waals surface area contributed by atoms with Gasteiger partial charge in [-0.2, -0.15) is 4.39 Å². The molecule has 2 heterocycles. The van der Waals surface area contributed by atoms with E-state index in [-0.39, 0.29) is 24.0 Å². The fourth-order valence-corrected chi connectivity index (χ4v) is 7.12. The average Bonchev–Trinajstić information content (AvgIpc) is 3.20. The largest absolute Gasteiger partial charge is 0.573 e. The molecule has 0 amide bonds. The first-order valence-corrected chi connectivity index (χ1v) is 16.4. The third-order valence-corrected chi connectivity index (χ3v) is 9.85. The van der Waals surface area contributed by atoms with Gasteiger partial charge in [-0.3, -0.25) is 4.79 Å². The molecule has 40 heavy (non-hydrogen) atoms. The lowest BCUT2D eigenvalue weighted by molar-refractivity contribution is -0.274. The molecule has 0 saturated carbocycles. The van der Waals surface area contributed by atoms with Crippen LogP contribution in [0.2, 0.25) is 0 Å². The van der Waals surface area contributed by atoms with Crippen LogP contribution in [0.4, 0.5) is 28.9 Å². The summed E-state index contributed by atoms with van der Waals surface area (Å²) in [4.78, 5) is 14.7. The Kier molecular flexibility index (Phi) is 9.44. The predicted octanol–water partition coefficient (Wildman–Crippen LogP) is 5.90. The summed E-state index contributed by atoms with van der Waals surface area (Å²) in [5.41, 5.74) is 1.85. The van der Waals surface area contributed by atoms with E-state index in [9.17, 15) is 26.9 Å². The van der Waals surface area contributed by atoms with Crippen LogP contribution in [0.3, 0.4) is 0 Å². The summed E-state index contributed by atoms with van der Waals surface area (Å²) in [5.74, 6) is 5.06. The molecule has 2 aliphatic rings. The summed E-state index contributed by atoms with van der Waals surface area (Å²) < 4.78 is 69.1. The Labute approximate surface area is 236 Å². The van der Waals surface area contributed by atoms with Crippen molar-refractivity contribution >= 4 is 41.6 Å². The number of carbonyl (C=O) groups is 1. The highest BCUT2D eigenvalue weighted by atomic mass is 32.2. The van der Waals surface area contributed by atoms with Crippen LogP contribution in [0, 0.1) is 11.8 Å². The quantitative estimate of drug-likeness (QED) is 0.170. The molecule has 0 bridgehead atoms. The highest BCUT2D eigenvalue weighted by Gasteiger charge is 2.36. The van der Waals surface area contributed by atoms with E-state index < -0.39 is 36.5 Å². The number of fused-ring (bicyclic) bond motifs is 1. The zero-order valence-corrected chi connectivity index (χ0v) is 24.2. The number of carbonyl (C=O) groups excluding carboxylic acids is 1. The molecule has 2 aromatic rings. The van der Waals surface area contributed by atoms with Crippen LogP contribution < -0.4 is 20.7 Å².